The van der Waals surface area contributed by atoms with Crippen molar-refractivity contribution in [3.05, 3.63) is 64.4 Å². The predicted octanol–water partition coefficient (Wildman–Crippen LogP) is 3.80. The molecule has 1 heterocycles. The van der Waals surface area contributed by atoms with Crippen molar-refractivity contribution in [2.75, 3.05) is 32.8 Å². The molecule has 2 aromatic carbocycles. The molecule has 2 aromatic rings. The monoisotopic (exact) mass is 418 g/mol. The van der Waals surface area contributed by atoms with Crippen molar-refractivity contribution < 1.29 is 18.7 Å². The third-order valence-electron chi connectivity index (χ3n) is 4.90. The predicted molar refractivity (Wildman–Crippen MR) is 110 cm³/mol. The molecule has 1 aliphatic rings. The Kier molecular flexibility index (Phi) is 7.09. The molecule has 1 fully saturated rings. The molecule has 7 heteroatoms. The third-order valence-corrected chi connectivity index (χ3v) is 5.22. The van der Waals surface area contributed by atoms with Crippen molar-refractivity contribution in [2.45, 2.75) is 19.8 Å². The minimum Gasteiger partial charge on any atom is -0.494 e. The molecule has 29 heavy (non-hydrogen) atoms. The van der Waals surface area contributed by atoms with Gasteiger partial charge in [0.2, 0.25) is 5.91 Å². The zero-order chi connectivity index (χ0) is 20.8. The maximum Gasteiger partial charge on any atom is 0.258 e. The first-order valence-corrected chi connectivity index (χ1v) is 10.1. The van der Waals surface area contributed by atoms with Gasteiger partial charge in [-0.2, -0.15) is 0 Å². The lowest BCUT2D eigenvalue weighted by atomic mass is 10.1. The van der Waals surface area contributed by atoms with Gasteiger partial charge in [0.25, 0.3) is 5.91 Å². The fraction of sp³-hybridized carbons (Fsp3) is 0.364. The van der Waals surface area contributed by atoms with Gasteiger partial charge in [-0.05, 0) is 43.2 Å². The Morgan fingerprint density at radius 1 is 1.03 bits per heavy atom. The molecule has 0 unspecified atom stereocenters. The van der Waals surface area contributed by atoms with Gasteiger partial charge in [0.1, 0.15) is 11.6 Å². The molecule has 0 aliphatic carbocycles. The standard InChI is InChI=1S/C22H24ClFN2O3/c1-2-29-17-9-7-16(8-10-17)15-20(27)25-11-4-12-26(14-13-25)22(28)21-18(23)5-3-6-19(21)24/h3,5-10H,2,4,11-15H2,1H3. The molecule has 2 amide bonds. The Labute approximate surface area is 175 Å². The first-order valence-electron chi connectivity index (χ1n) is 9.72. The van der Waals surface area contributed by atoms with Crippen molar-refractivity contribution in [3.63, 3.8) is 0 Å². The summed E-state index contributed by atoms with van der Waals surface area (Å²) < 4.78 is 19.5. The molecule has 0 saturated carbocycles. The largest absolute Gasteiger partial charge is 0.494 e. The Morgan fingerprint density at radius 2 is 1.72 bits per heavy atom. The van der Waals surface area contributed by atoms with Crippen LogP contribution >= 0.6 is 11.6 Å². The molecular weight excluding hydrogens is 395 g/mol. The van der Waals surface area contributed by atoms with Crippen LogP contribution in [0.3, 0.4) is 0 Å². The Hall–Kier alpha value is -2.60. The number of hydrogen-bond acceptors (Lipinski definition) is 3. The smallest absolute Gasteiger partial charge is 0.258 e. The first-order chi connectivity index (χ1) is 14.0. The molecule has 0 aromatic heterocycles. The van der Waals surface area contributed by atoms with Crippen LogP contribution in [-0.2, 0) is 11.2 Å². The summed E-state index contributed by atoms with van der Waals surface area (Å²) in [6.07, 6.45) is 0.923. The second-order valence-corrected chi connectivity index (χ2v) is 7.28. The van der Waals surface area contributed by atoms with E-state index in [0.29, 0.717) is 45.6 Å². The third kappa shape index (κ3) is 5.26. The van der Waals surface area contributed by atoms with E-state index in [0.717, 1.165) is 11.3 Å². The number of carbonyl (C=O) groups is 2. The molecule has 1 aliphatic heterocycles. The number of amides is 2. The van der Waals surface area contributed by atoms with Crippen LogP contribution in [0.25, 0.3) is 0 Å². The summed E-state index contributed by atoms with van der Waals surface area (Å²) in [7, 11) is 0. The minimum atomic E-state index is -0.629. The van der Waals surface area contributed by atoms with Gasteiger partial charge in [-0.1, -0.05) is 29.8 Å². The van der Waals surface area contributed by atoms with E-state index in [1.807, 2.05) is 31.2 Å². The van der Waals surface area contributed by atoms with Gasteiger partial charge in [0.15, 0.2) is 0 Å². The molecule has 0 bridgehead atoms. The van der Waals surface area contributed by atoms with E-state index >= 15 is 0 Å². The SMILES string of the molecule is CCOc1ccc(CC(=O)N2CCCN(C(=O)c3c(F)cccc3Cl)CC2)cc1. The molecular formula is C22H24ClFN2O3. The zero-order valence-electron chi connectivity index (χ0n) is 16.4. The van der Waals surface area contributed by atoms with Gasteiger partial charge in [-0.25, -0.2) is 4.39 Å². The van der Waals surface area contributed by atoms with Gasteiger partial charge in [0.05, 0.1) is 23.6 Å². The fourth-order valence-electron chi connectivity index (χ4n) is 3.39. The Balaban J connectivity index is 1.60. The second kappa shape index (κ2) is 9.74. The lowest BCUT2D eigenvalue weighted by molar-refractivity contribution is -0.130. The summed E-state index contributed by atoms with van der Waals surface area (Å²) in [6, 6.07) is 11.7. The van der Waals surface area contributed by atoms with Crippen LogP contribution in [0.2, 0.25) is 5.02 Å². The van der Waals surface area contributed by atoms with Gasteiger partial charge in [-0.3, -0.25) is 9.59 Å². The van der Waals surface area contributed by atoms with Crippen molar-refractivity contribution in [1.82, 2.24) is 9.80 Å². The Morgan fingerprint density at radius 3 is 2.41 bits per heavy atom. The summed E-state index contributed by atoms with van der Waals surface area (Å²) in [6.45, 7) is 4.29. The zero-order valence-corrected chi connectivity index (χ0v) is 17.1. The molecule has 0 N–H and O–H groups in total. The topological polar surface area (TPSA) is 49.9 Å². The minimum absolute atomic E-state index is 0.00684. The average molecular weight is 419 g/mol. The number of benzene rings is 2. The molecule has 0 atom stereocenters. The van der Waals surface area contributed by atoms with E-state index in [9.17, 15) is 14.0 Å². The molecule has 5 nitrogen and oxygen atoms in total. The first kappa shape index (κ1) is 21.1. The molecule has 3 rings (SSSR count). The van der Waals surface area contributed by atoms with Crippen LogP contribution < -0.4 is 4.74 Å². The lowest BCUT2D eigenvalue weighted by Crippen LogP contribution is -2.38. The van der Waals surface area contributed by atoms with Crippen LogP contribution in [0.1, 0.15) is 29.3 Å². The quantitative estimate of drug-likeness (QED) is 0.742. The Bertz CT molecular complexity index is 853. The summed E-state index contributed by atoms with van der Waals surface area (Å²) >= 11 is 6.02. The van der Waals surface area contributed by atoms with Gasteiger partial charge in [0, 0.05) is 26.2 Å². The van der Waals surface area contributed by atoms with Crippen LogP contribution in [0.15, 0.2) is 42.5 Å². The highest BCUT2D eigenvalue weighted by Gasteiger charge is 2.26. The summed E-state index contributed by atoms with van der Waals surface area (Å²) in [5.41, 5.74) is 0.803. The van der Waals surface area contributed by atoms with Crippen molar-refractivity contribution in [1.29, 1.82) is 0 Å². The highest BCUT2D eigenvalue weighted by molar-refractivity contribution is 6.33. The lowest BCUT2D eigenvalue weighted by Gasteiger charge is -2.23. The number of halogens is 2. The number of hydrogen-bond donors (Lipinski definition) is 0. The number of rotatable bonds is 5. The molecule has 1 saturated heterocycles. The number of carbonyl (C=O) groups excluding carboxylic acids is 2. The van der Waals surface area contributed by atoms with E-state index in [-0.39, 0.29) is 16.5 Å². The highest BCUT2D eigenvalue weighted by Crippen LogP contribution is 2.22. The van der Waals surface area contributed by atoms with E-state index in [1.165, 1.54) is 18.2 Å². The average Bonchev–Trinajstić information content (AvgIpc) is 2.96. The molecule has 0 spiro atoms. The van der Waals surface area contributed by atoms with E-state index in [4.69, 9.17) is 16.3 Å². The summed E-state index contributed by atoms with van der Waals surface area (Å²) in [5.74, 6) is -0.282. The fourth-order valence-corrected chi connectivity index (χ4v) is 3.63. The normalized spacial score (nSPS) is 14.4. The summed E-state index contributed by atoms with van der Waals surface area (Å²) in [4.78, 5) is 28.7. The molecule has 0 radical (unpaired) electrons. The van der Waals surface area contributed by atoms with E-state index in [2.05, 4.69) is 0 Å². The molecule has 154 valence electrons. The maximum atomic E-state index is 14.1. The summed E-state index contributed by atoms with van der Waals surface area (Å²) in [5, 5.41) is 0.0997. The van der Waals surface area contributed by atoms with Gasteiger partial charge >= 0.3 is 0 Å². The highest BCUT2D eigenvalue weighted by atomic mass is 35.5. The second-order valence-electron chi connectivity index (χ2n) is 6.88. The number of ether oxygens (including phenoxy) is 1. The van der Waals surface area contributed by atoms with Crippen LogP contribution in [-0.4, -0.2) is 54.4 Å². The van der Waals surface area contributed by atoms with Gasteiger partial charge in [-0.15, -0.1) is 0 Å². The van der Waals surface area contributed by atoms with Gasteiger partial charge < -0.3 is 14.5 Å². The van der Waals surface area contributed by atoms with E-state index in [1.54, 1.807) is 9.80 Å². The maximum absolute atomic E-state index is 14.1. The van der Waals surface area contributed by atoms with Crippen LogP contribution in [0.5, 0.6) is 5.75 Å². The van der Waals surface area contributed by atoms with E-state index < -0.39 is 11.7 Å². The van der Waals surface area contributed by atoms with Crippen molar-refractivity contribution in [3.8, 4) is 5.75 Å². The van der Waals surface area contributed by atoms with Crippen molar-refractivity contribution in [2.24, 2.45) is 0 Å². The van der Waals surface area contributed by atoms with Crippen LogP contribution in [0.4, 0.5) is 4.39 Å². The van der Waals surface area contributed by atoms with Crippen LogP contribution in [0, 0.1) is 5.82 Å². The van der Waals surface area contributed by atoms with Crippen molar-refractivity contribution >= 4 is 23.4 Å². The number of nitrogens with zero attached hydrogens (tertiary/aromatic N) is 2.